The van der Waals surface area contributed by atoms with Gasteiger partial charge in [-0.2, -0.15) is 0 Å². The molecule has 0 fully saturated rings. The summed E-state index contributed by atoms with van der Waals surface area (Å²) in [4.78, 5) is 19.9. The summed E-state index contributed by atoms with van der Waals surface area (Å²) in [6, 6.07) is 0. The smallest absolute Gasteiger partial charge is 0.168 e. The van der Waals surface area contributed by atoms with Gasteiger partial charge in [0.15, 0.2) is 18.7 Å². The van der Waals surface area contributed by atoms with Gasteiger partial charge in [0.25, 0.3) is 0 Å². The van der Waals surface area contributed by atoms with Crippen LogP contribution in [0.3, 0.4) is 0 Å². The minimum Gasteiger partial charge on any atom is -0.394 e. The minimum absolute atomic E-state index is 0.224. The molecule has 0 heterocycles. The molecule has 5 nitrogen and oxygen atoms in total. The zero-order valence-electron chi connectivity index (χ0n) is 5.84. The molecule has 11 heavy (non-hydrogen) atoms. The first-order chi connectivity index (χ1) is 5.24. The van der Waals surface area contributed by atoms with Crippen LogP contribution in [-0.4, -0.2) is 48.2 Å². The highest BCUT2D eigenvalue weighted by Crippen LogP contribution is 1.87. The van der Waals surface area contributed by atoms with Crippen molar-refractivity contribution in [1.82, 2.24) is 0 Å². The number of rotatable bonds is 6. The van der Waals surface area contributed by atoms with Gasteiger partial charge in [0, 0.05) is 0 Å². The zero-order valence-corrected chi connectivity index (χ0v) is 5.84. The van der Waals surface area contributed by atoms with Crippen LogP contribution < -0.4 is 0 Å². The first kappa shape index (κ1) is 10.2. The van der Waals surface area contributed by atoms with Crippen molar-refractivity contribution < 1.29 is 24.5 Å². The summed E-state index contributed by atoms with van der Waals surface area (Å²) in [6.07, 6.45) is -1.55. The van der Waals surface area contributed by atoms with E-state index in [0.717, 1.165) is 0 Å². The first-order valence-corrected chi connectivity index (χ1v) is 3.05. The molecule has 0 spiro atoms. The molecular weight excluding hydrogens is 152 g/mol. The van der Waals surface area contributed by atoms with E-state index in [9.17, 15) is 9.59 Å². The van der Waals surface area contributed by atoms with E-state index in [-0.39, 0.29) is 6.61 Å². The molecule has 0 rings (SSSR count). The van der Waals surface area contributed by atoms with E-state index in [2.05, 4.69) is 4.74 Å². The fourth-order valence-electron chi connectivity index (χ4n) is 0.386. The third-order valence-electron chi connectivity index (χ3n) is 0.960. The Bertz CT molecular complexity index is 116. The number of carbonyl (C=O) groups is 2. The van der Waals surface area contributed by atoms with Crippen LogP contribution in [0.5, 0.6) is 0 Å². The highest BCUT2D eigenvalue weighted by molar-refractivity contribution is 5.80. The van der Waals surface area contributed by atoms with E-state index in [1.165, 1.54) is 0 Å². The Labute approximate surface area is 63.6 Å². The highest BCUT2D eigenvalue weighted by atomic mass is 16.5. The maximum absolute atomic E-state index is 9.94. The minimum atomic E-state index is -1.14. The monoisotopic (exact) mass is 162 g/mol. The third kappa shape index (κ3) is 4.60. The van der Waals surface area contributed by atoms with E-state index in [4.69, 9.17) is 10.2 Å². The molecule has 2 N–H and O–H groups in total. The molecule has 0 amide bonds. The fraction of sp³-hybridized carbons (Fsp3) is 0.667. The van der Waals surface area contributed by atoms with Crippen molar-refractivity contribution in [1.29, 1.82) is 0 Å². The number of aldehydes is 2. The van der Waals surface area contributed by atoms with Crippen LogP contribution in [0.15, 0.2) is 0 Å². The van der Waals surface area contributed by atoms with Crippen LogP contribution in [0.2, 0.25) is 0 Å². The average molecular weight is 162 g/mol. The van der Waals surface area contributed by atoms with Gasteiger partial charge in [0.05, 0.1) is 13.2 Å². The van der Waals surface area contributed by atoms with Crippen molar-refractivity contribution in [3.8, 4) is 0 Å². The highest BCUT2D eigenvalue weighted by Gasteiger charge is 2.08. The van der Waals surface area contributed by atoms with Crippen LogP contribution in [0.1, 0.15) is 0 Å². The van der Waals surface area contributed by atoms with Gasteiger partial charge in [-0.15, -0.1) is 0 Å². The number of ether oxygens (including phenoxy) is 1. The lowest BCUT2D eigenvalue weighted by molar-refractivity contribution is -0.130. The summed E-state index contributed by atoms with van der Waals surface area (Å²) in [5.41, 5.74) is 0. The van der Waals surface area contributed by atoms with E-state index >= 15 is 0 Å². The lowest BCUT2D eigenvalue weighted by Gasteiger charge is -2.08. The molecule has 0 aromatic rings. The van der Waals surface area contributed by atoms with Gasteiger partial charge in [0.1, 0.15) is 6.10 Å². The molecule has 0 saturated heterocycles. The first-order valence-electron chi connectivity index (χ1n) is 3.05. The van der Waals surface area contributed by atoms with E-state index < -0.39 is 18.8 Å². The molecule has 5 heteroatoms. The second kappa shape index (κ2) is 5.96. The van der Waals surface area contributed by atoms with E-state index in [1.54, 1.807) is 0 Å². The van der Waals surface area contributed by atoms with Gasteiger partial charge < -0.3 is 14.9 Å². The van der Waals surface area contributed by atoms with Crippen molar-refractivity contribution in [3.05, 3.63) is 0 Å². The lowest BCUT2D eigenvalue weighted by atomic mass is 10.4. The standard InChI is InChI=1S/C6H10O5/c7-1-5(10)4-11-6(2-8)3-9/h2-3,5-7,10H,1,4H2. The number of hydrogen-bond acceptors (Lipinski definition) is 5. The van der Waals surface area contributed by atoms with Gasteiger partial charge in [0.2, 0.25) is 0 Å². The summed E-state index contributed by atoms with van der Waals surface area (Å²) in [6.45, 7) is -0.677. The van der Waals surface area contributed by atoms with Crippen molar-refractivity contribution in [3.63, 3.8) is 0 Å². The van der Waals surface area contributed by atoms with Crippen molar-refractivity contribution in [2.75, 3.05) is 13.2 Å². The largest absolute Gasteiger partial charge is 0.394 e. The second-order valence-electron chi connectivity index (χ2n) is 1.91. The van der Waals surface area contributed by atoms with Crippen LogP contribution >= 0.6 is 0 Å². The van der Waals surface area contributed by atoms with Crippen LogP contribution in [0.4, 0.5) is 0 Å². The molecule has 0 aliphatic heterocycles. The van der Waals surface area contributed by atoms with Crippen molar-refractivity contribution >= 4 is 12.6 Å². The summed E-state index contributed by atoms with van der Waals surface area (Å²) in [5, 5.41) is 17.0. The maximum Gasteiger partial charge on any atom is 0.168 e. The normalized spacial score (nSPS) is 13.0. The van der Waals surface area contributed by atoms with Crippen LogP contribution in [0, 0.1) is 0 Å². The summed E-state index contributed by atoms with van der Waals surface area (Å²) in [5.74, 6) is 0. The van der Waals surface area contributed by atoms with Gasteiger partial charge in [-0.25, -0.2) is 0 Å². The lowest BCUT2D eigenvalue weighted by Crippen LogP contribution is -2.25. The summed E-state index contributed by atoms with van der Waals surface area (Å²) < 4.78 is 4.55. The van der Waals surface area contributed by atoms with Gasteiger partial charge in [-0.05, 0) is 0 Å². The molecule has 1 unspecified atom stereocenters. The average Bonchev–Trinajstić information content (AvgIpc) is 2.06. The Morgan fingerprint density at radius 3 is 2.27 bits per heavy atom. The Kier molecular flexibility index (Phi) is 5.54. The Morgan fingerprint density at radius 2 is 1.91 bits per heavy atom. The molecule has 1 atom stereocenters. The van der Waals surface area contributed by atoms with Gasteiger partial charge in [-0.3, -0.25) is 9.59 Å². The predicted molar refractivity (Wildman–Crippen MR) is 35.0 cm³/mol. The zero-order chi connectivity index (χ0) is 8.69. The van der Waals surface area contributed by atoms with Crippen molar-refractivity contribution in [2.24, 2.45) is 0 Å². The van der Waals surface area contributed by atoms with E-state index in [0.29, 0.717) is 12.6 Å². The van der Waals surface area contributed by atoms with Crippen LogP contribution in [0.25, 0.3) is 0 Å². The summed E-state index contributed by atoms with van der Waals surface area (Å²) in [7, 11) is 0. The number of aliphatic hydroxyl groups excluding tert-OH is 2. The van der Waals surface area contributed by atoms with Gasteiger partial charge in [-0.1, -0.05) is 0 Å². The quantitative estimate of drug-likeness (QED) is 0.353. The SMILES string of the molecule is O=CC(C=O)OCC(O)CO. The molecular formula is C6H10O5. The second-order valence-corrected chi connectivity index (χ2v) is 1.91. The van der Waals surface area contributed by atoms with Gasteiger partial charge >= 0.3 is 0 Å². The third-order valence-corrected chi connectivity index (χ3v) is 0.960. The molecule has 0 saturated carbocycles. The molecule has 0 aromatic carbocycles. The Morgan fingerprint density at radius 1 is 1.36 bits per heavy atom. The molecule has 0 aromatic heterocycles. The molecule has 0 bridgehead atoms. The Balaban J connectivity index is 3.49. The van der Waals surface area contributed by atoms with Crippen molar-refractivity contribution in [2.45, 2.75) is 12.2 Å². The topological polar surface area (TPSA) is 83.8 Å². The molecule has 0 aliphatic carbocycles. The number of aliphatic hydroxyl groups is 2. The van der Waals surface area contributed by atoms with E-state index in [1.807, 2.05) is 0 Å². The molecule has 64 valence electrons. The van der Waals surface area contributed by atoms with Crippen LogP contribution in [-0.2, 0) is 14.3 Å². The number of carbonyl (C=O) groups excluding carboxylic acids is 2. The summed E-state index contributed by atoms with van der Waals surface area (Å²) >= 11 is 0. The maximum atomic E-state index is 9.94. The predicted octanol–water partition coefficient (Wildman–Crippen LogP) is -1.88. The Hall–Kier alpha value is -0.780. The number of hydrogen-bond donors (Lipinski definition) is 2. The molecule has 0 radical (unpaired) electrons. The molecule has 0 aliphatic rings. The fourth-order valence-corrected chi connectivity index (χ4v) is 0.386.